The number of anilines is 3. The summed E-state index contributed by atoms with van der Waals surface area (Å²) in [6.07, 6.45) is 4.28. The van der Waals surface area contributed by atoms with Crippen LogP contribution < -0.4 is 10.6 Å². The van der Waals surface area contributed by atoms with Crippen molar-refractivity contribution >= 4 is 44.6 Å². The fourth-order valence-electron chi connectivity index (χ4n) is 5.83. The zero-order valence-corrected chi connectivity index (χ0v) is 22.7. The van der Waals surface area contributed by atoms with Gasteiger partial charge in [0, 0.05) is 48.5 Å². The maximum Gasteiger partial charge on any atom is 0.247 e. The number of nitriles is 2. The molecule has 1 aromatic carbocycles. The van der Waals surface area contributed by atoms with Gasteiger partial charge in [-0.1, -0.05) is 0 Å². The Morgan fingerprint density at radius 1 is 1.15 bits per heavy atom. The van der Waals surface area contributed by atoms with E-state index in [1.165, 1.54) is 10.7 Å². The van der Waals surface area contributed by atoms with Crippen molar-refractivity contribution < 1.29 is 14.2 Å². The van der Waals surface area contributed by atoms with E-state index < -0.39 is 16.7 Å². The van der Waals surface area contributed by atoms with Gasteiger partial charge in [-0.3, -0.25) is 14.0 Å². The molecule has 2 aliphatic heterocycles. The third-order valence-corrected chi connectivity index (χ3v) is 9.46. The van der Waals surface area contributed by atoms with Crippen molar-refractivity contribution in [3.63, 3.8) is 0 Å². The summed E-state index contributed by atoms with van der Waals surface area (Å²) in [4.78, 5) is 11.0. The van der Waals surface area contributed by atoms with Gasteiger partial charge in [-0.25, -0.2) is 4.98 Å². The van der Waals surface area contributed by atoms with Crippen LogP contribution in [0, 0.1) is 22.7 Å². The predicted octanol–water partition coefficient (Wildman–Crippen LogP) is 3.13. The van der Waals surface area contributed by atoms with Gasteiger partial charge in [0.15, 0.2) is 17.2 Å². The fourth-order valence-corrected chi connectivity index (χ4v) is 7.72. The molecule has 3 aromatic heterocycles. The molecule has 5 N–H and O–H groups in total. The Balaban J connectivity index is 1.24. The number of fused-ring (bicyclic) bond motifs is 2. The van der Waals surface area contributed by atoms with Crippen molar-refractivity contribution in [2.75, 3.05) is 41.8 Å². The van der Waals surface area contributed by atoms with Crippen LogP contribution in [0.3, 0.4) is 0 Å². The molecular formula is C26H30N10O3S. The largest absolute Gasteiger partial charge is 0.390 e. The molecule has 40 heavy (non-hydrogen) atoms. The molecule has 13 nitrogen and oxygen atoms in total. The first-order chi connectivity index (χ1) is 19.3. The van der Waals surface area contributed by atoms with Crippen molar-refractivity contribution in [2.45, 2.75) is 38.0 Å². The van der Waals surface area contributed by atoms with Crippen LogP contribution in [0.5, 0.6) is 0 Å². The summed E-state index contributed by atoms with van der Waals surface area (Å²) in [6.45, 7) is 4.03. The van der Waals surface area contributed by atoms with E-state index >= 15 is 0 Å². The van der Waals surface area contributed by atoms with Gasteiger partial charge in [-0.05, 0) is 38.0 Å². The lowest BCUT2D eigenvalue weighted by atomic mass is 10.0. The Kier molecular flexibility index (Phi) is 6.74. The standard InChI is InChI=1S/C26H30N10O3S/c1-2-29-24-25-30-12-19(11-28)36(25)33-26(32-24)31-17-3-4-21-20(9-17)16(10-27)13-35(21)18-5-7-34(8-6-18)22-14-40(38,39)15-23(22)37/h3-4,9,12-13,18,22-23,37-39H,2,5-8,14-15H2,1H3,(H2,29,31,32,33)/t22-,23-/m0/s1. The topological polar surface area (TPSA) is 184 Å². The number of aliphatic hydroxyl groups excluding tert-OH is 1. The summed E-state index contributed by atoms with van der Waals surface area (Å²) in [5, 5.41) is 41.3. The smallest absolute Gasteiger partial charge is 0.247 e. The average Bonchev–Trinajstić information content (AvgIpc) is 3.61. The van der Waals surface area contributed by atoms with Gasteiger partial charge < -0.3 is 20.3 Å². The number of rotatable bonds is 6. The van der Waals surface area contributed by atoms with Crippen LogP contribution in [0.1, 0.15) is 37.1 Å². The monoisotopic (exact) mass is 562 g/mol. The van der Waals surface area contributed by atoms with Gasteiger partial charge in [-0.2, -0.15) is 30.6 Å². The minimum absolute atomic E-state index is 0.0544. The van der Waals surface area contributed by atoms with Gasteiger partial charge in [0.2, 0.25) is 5.95 Å². The van der Waals surface area contributed by atoms with E-state index in [0.717, 1.165) is 36.8 Å². The lowest BCUT2D eigenvalue weighted by Crippen LogP contribution is -2.47. The third kappa shape index (κ3) is 4.70. The van der Waals surface area contributed by atoms with Gasteiger partial charge >= 0.3 is 0 Å². The molecule has 2 fully saturated rings. The van der Waals surface area contributed by atoms with Crippen molar-refractivity contribution in [2.24, 2.45) is 0 Å². The first kappa shape index (κ1) is 26.3. The first-order valence-electron chi connectivity index (χ1n) is 13.2. The highest BCUT2D eigenvalue weighted by Gasteiger charge is 2.41. The zero-order chi connectivity index (χ0) is 28.0. The maximum atomic E-state index is 10.4. The minimum atomic E-state index is -2.70. The Bertz CT molecular complexity index is 1660. The van der Waals surface area contributed by atoms with Crippen LogP contribution in [0.2, 0.25) is 0 Å². The number of aromatic nitrogens is 5. The number of nitrogens with one attached hydrogen (secondary N) is 2. The lowest BCUT2D eigenvalue weighted by Gasteiger charge is -2.38. The SMILES string of the molecule is CCNc1nc(Nc2ccc3c(c2)c(C#N)cn3C2CCN([C@H]3CS(O)(O)C[C@@H]3O)CC2)nn2c(C#N)cnc12. The molecule has 6 rings (SSSR count). The highest BCUT2D eigenvalue weighted by molar-refractivity contribution is 8.24. The number of nitrogens with zero attached hydrogens (tertiary/aromatic N) is 8. The number of hydrogen-bond acceptors (Lipinski definition) is 11. The van der Waals surface area contributed by atoms with Crippen LogP contribution in [0.15, 0.2) is 30.6 Å². The quantitative estimate of drug-likeness (QED) is 0.233. The predicted molar refractivity (Wildman–Crippen MR) is 152 cm³/mol. The number of aliphatic hydroxyl groups is 1. The molecule has 0 bridgehead atoms. The molecule has 14 heteroatoms. The molecule has 4 aromatic rings. The summed E-state index contributed by atoms with van der Waals surface area (Å²) in [5.74, 6) is 1.07. The molecule has 5 heterocycles. The number of imidazole rings is 1. The van der Waals surface area contributed by atoms with E-state index in [-0.39, 0.29) is 29.5 Å². The number of likely N-dealkylation sites (tertiary alicyclic amines) is 1. The van der Waals surface area contributed by atoms with E-state index in [4.69, 9.17) is 0 Å². The maximum absolute atomic E-state index is 10.4. The van der Waals surface area contributed by atoms with Crippen LogP contribution in [-0.4, -0.2) is 86.5 Å². The molecule has 0 saturated carbocycles. The lowest BCUT2D eigenvalue weighted by molar-refractivity contribution is 0.0606. The van der Waals surface area contributed by atoms with Gasteiger partial charge in [0.05, 0.1) is 35.4 Å². The average molecular weight is 563 g/mol. The normalized spacial score (nSPS) is 22.2. The van der Waals surface area contributed by atoms with Crippen molar-refractivity contribution in [1.82, 2.24) is 29.0 Å². The van der Waals surface area contributed by atoms with Gasteiger partial charge in [0.25, 0.3) is 0 Å². The molecule has 0 unspecified atom stereocenters. The number of benzene rings is 1. The number of hydrogen-bond donors (Lipinski definition) is 5. The summed E-state index contributed by atoms with van der Waals surface area (Å²) in [5.41, 5.74) is 2.96. The minimum Gasteiger partial charge on any atom is -0.390 e. The zero-order valence-electron chi connectivity index (χ0n) is 21.9. The van der Waals surface area contributed by atoms with Crippen molar-refractivity contribution in [3.8, 4) is 12.1 Å². The van der Waals surface area contributed by atoms with Crippen molar-refractivity contribution in [3.05, 3.63) is 41.9 Å². The summed E-state index contributed by atoms with van der Waals surface area (Å²) in [6, 6.07) is 10.1. The summed E-state index contributed by atoms with van der Waals surface area (Å²) >= 11 is 0. The highest BCUT2D eigenvalue weighted by atomic mass is 32.3. The molecule has 0 aliphatic carbocycles. The Hall–Kier alpha value is -3.92. The van der Waals surface area contributed by atoms with E-state index in [1.54, 1.807) is 0 Å². The fraction of sp³-hybridized carbons (Fsp3) is 0.423. The summed E-state index contributed by atoms with van der Waals surface area (Å²) in [7, 11) is -2.70. The second-order valence-electron chi connectivity index (χ2n) is 10.3. The van der Waals surface area contributed by atoms with Crippen LogP contribution in [0.25, 0.3) is 16.6 Å². The molecular weight excluding hydrogens is 532 g/mol. The molecule has 2 atom stereocenters. The molecule has 0 spiro atoms. The van der Waals surface area contributed by atoms with E-state index in [9.17, 15) is 24.7 Å². The van der Waals surface area contributed by atoms with E-state index in [1.807, 2.05) is 31.3 Å². The molecule has 0 radical (unpaired) electrons. The molecule has 208 valence electrons. The Labute approximate surface area is 232 Å². The first-order valence-corrected chi connectivity index (χ1v) is 15.1. The van der Waals surface area contributed by atoms with Crippen LogP contribution in [0.4, 0.5) is 17.5 Å². The van der Waals surface area contributed by atoms with Crippen LogP contribution >= 0.6 is 10.6 Å². The Morgan fingerprint density at radius 3 is 2.62 bits per heavy atom. The molecule has 2 aliphatic rings. The van der Waals surface area contributed by atoms with E-state index in [0.29, 0.717) is 35.0 Å². The number of piperidine rings is 1. The van der Waals surface area contributed by atoms with Gasteiger partial charge in [-0.15, -0.1) is 5.10 Å². The third-order valence-electron chi connectivity index (χ3n) is 7.71. The second kappa shape index (κ2) is 10.2. The van der Waals surface area contributed by atoms with Gasteiger partial charge in [0.1, 0.15) is 12.1 Å². The van der Waals surface area contributed by atoms with Crippen molar-refractivity contribution in [1.29, 1.82) is 10.5 Å². The molecule has 2 saturated heterocycles. The van der Waals surface area contributed by atoms with E-state index in [2.05, 4.69) is 47.3 Å². The Morgan fingerprint density at radius 2 is 1.95 bits per heavy atom. The highest BCUT2D eigenvalue weighted by Crippen LogP contribution is 2.48. The molecule has 0 amide bonds. The van der Waals surface area contributed by atoms with Crippen LogP contribution in [-0.2, 0) is 0 Å². The summed E-state index contributed by atoms with van der Waals surface area (Å²) < 4.78 is 23.7. The second-order valence-corrected chi connectivity index (χ2v) is 12.5.